The number of aryl methyl sites for hydroxylation is 1. The quantitative estimate of drug-likeness (QED) is 0.742. The van der Waals surface area contributed by atoms with Crippen LogP contribution in [0.4, 0.5) is 5.82 Å². The van der Waals surface area contributed by atoms with Crippen molar-refractivity contribution in [2.75, 3.05) is 24.5 Å². The lowest BCUT2D eigenvalue weighted by Gasteiger charge is -2.32. The smallest absolute Gasteiger partial charge is 0.223 e. The average molecular weight is 375 g/mol. The number of nitrogens with zero attached hydrogens (tertiary/aromatic N) is 4. The molecule has 1 aliphatic heterocycles. The van der Waals surface area contributed by atoms with Crippen LogP contribution in [-0.4, -0.2) is 40.5 Å². The van der Waals surface area contributed by atoms with Gasteiger partial charge in [0, 0.05) is 31.2 Å². The molecule has 1 aromatic carbocycles. The molecule has 0 spiro atoms. The number of benzene rings is 1. The Morgan fingerprint density at radius 2 is 1.89 bits per heavy atom. The molecule has 0 radical (unpaired) electrons. The number of hydrogen-bond acceptors (Lipinski definition) is 5. The number of aromatic nitrogens is 3. The first-order valence-electron chi connectivity index (χ1n) is 9.85. The highest BCUT2D eigenvalue weighted by molar-refractivity contribution is 5.85. The lowest BCUT2D eigenvalue weighted by Crippen LogP contribution is -2.41. The Hall–Kier alpha value is -3.02. The van der Waals surface area contributed by atoms with Gasteiger partial charge in [0.15, 0.2) is 5.82 Å². The van der Waals surface area contributed by atoms with E-state index in [-0.39, 0.29) is 11.8 Å². The van der Waals surface area contributed by atoms with Crippen molar-refractivity contribution in [1.82, 2.24) is 20.3 Å². The standard InChI is InChI=1S/C22H25N5O/c1-16-7-8-19-20(26-16)21(25-15-24-19)27-13-10-18(11-14-27)22(28)23-12-9-17-5-3-2-4-6-17/h2-8,15,18H,9-14H2,1H3,(H,23,28). The van der Waals surface area contributed by atoms with Gasteiger partial charge in [-0.3, -0.25) is 4.79 Å². The summed E-state index contributed by atoms with van der Waals surface area (Å²) in [6, 6.07) is 14.2. The summed E-state index contributed by atoms with van der Waals surface area (Å²) in [6.45, 7) is 4.27. The van der Waals surface area contributed by atoms with Gasteiger partial charge in [-0.25, -0.2) is 15.0 Å². The van der Waals surface area contributed by atoms with Crippen LogP contribution in [0.3, 0.4) is 0 Å². The molecule has 2 aromatic heterocycles. The van der Waals surface area contributed by atoms with Gasteiger partial charge in [0.2, 0.25) is 5.91 Å². The Morgan fingerprint density at radius 1 is 1.11 bits per heavy atom. The van der Waals surface area contributed by atoms with Gasteiger partial charge in [0.1, 0.15) is 11.8 Å². The molecular weight excluding hydrogens is 350 g/mol. The van der Waals surface area contributed by atoms with Crippen LogP contribution in [0.1, 0.15) is 24.1 Å². The monoisotopic (exact) mass is 375 g/mol. The van der Waals surface area contributed by atoms with E-state index in [1.807, 2.05) is 37.3 Å². The van der Waals surface area contributed by atoms with Gasteiger partial charge >= 0.3 is 0 Å². The van der Waals surface area contributed by atoms with Crippen LogP contribution in [0.2, 0.25) is 0 Å². The van der Waals surface area contributed by atoms with E-state index in [2.05, 4.69) is 37.3 Å². The van der Waals surface area contributed by atoms with Crippen LogP contribution in [0.25, 0.3) is 11.0 Å². The third-order valence-electron chi connectivity index (χ3n) is 5.32. The molecule has 1 amide bonds. The Morgan fingerprint density at radius 3 is 2.68 bits per heavy atom. The second kappa shape index (κ2) is 8.33. The van der Waals surface area contributed by atoms with Crippen LogP contribution < -0.4 is 10.2 Å². The summed E-state index contributed by atoms with van der Waals surface area (Å²) in [5.74, 6) is 1.10. The van der Waals surface area contributed by atoms with Crippen molar-refractivity contribution in [3.05, 3.63) is 60.0 Å². The SMILES string of the molecule is Cc1ccc2ncnc(N3CCC(C(=O)NCCc4ccccc4)CC3)c2n1. The Labute approximate surface area is 165 Å². The van der Waals surface area contributed by atoms with Crippen molar-refractivity contribution < 1.29 is 4.79 Å². The van der Waals surface area contributed by atoms with Crippen LogP contribution in [0.5, 0.6) is 0 Å². The highest BCUT2D eigenvalue weighted by Gasteiger charge is 2.26. The fraction of sp³-hybridized carbons (Fsp3) is 0.364. The van der Waals surface area contributed by atoms with E-state index in [1.165, 1.54) is 5.56 Å². The van der Waals surface area contributed by atoms with E-state index in [9.17, 15) is 4.79 Å². The first-order chi connectivity index (χ1) is 13.7. The largest absolute Gasteiger partial charge is 0.356 e. The van der Waals surface area contributed by atoms with Gasteiger partial charge in [-0.15, -0.1) is 0 Å². The van der Waals surface area contributed by atoms with E-state index in [0.29, 0.717) is 6.54 Å². The molecule has 3 heterocycles. The van der Waals surface area contributed by atoms with Crippen LogP contribution in [-0.2, 0) is 11.2 Å². The number of rotatable bonds is 5. The van der Waals surface area contributed by atoms with Crippen molar-refractivity contribution in [2.24, 2.45) is 5.92 Å². The second-order valence-corrected chi connectivity index (χ2v) is 7.31. The van der Waals surface area contributed by atoms with Crippen molar-refractivity contribution >= 4 is 22.8 Å². The molecule has 1 N–H and O–H groups in total. The van der Waals surface area contributed by atoms with E-state index in [4.69, 9.17) is 0 Å². The van der Waals surface area contributed by atoms with Gasteiger partial charge in [-0.2, -0.15) is 0 Å². The van der Waals surface area contributed by atoms with Crippen molar-refractivity contribution in [1.29, 1.82) is 0 Å². The average Bonchev–Trinajstić information content (AvgIpc) is 2.74. The number of nitrogens with one attached hydrogen (secondary N) is 1. The van der Waals surface area contributed by atoms with Crippen molar-refractivity contribution in [3.8, 4) is 0 Å². The predicted octanol–water partition coefficient (Wildman–Crippen LogP) is 2.91. The van der Waals surface area contributed by atoms with Crippen molar-refractivity contribution in [2.45, 2.75) is 26.2 Å². The molecular formula is C22H25N5O. The Kier molecular flexibility index (Phi) is 5.46. The third-order valence-corrected chi connectivity index (χ3v) is 5.32. The number of carbonyl (C=O) groups excluding carboxylic acids is 1. The zero-order chi connectivity index (χ0) is 19.3. The lowest BCUT2D eigenvalue weighted by molar-refractivity contribution is -0.125. The highest BCUT2D eigenvalue weighted by Crippen LogP contribution is 2.26. The van der Waals surface area contributed by atoms with Gasteiger partial charge in [-0.1, -0.05) is 30.3 Å². The third kappa shape index (κ3) is 4.11. The second-order valence-electron chi connectivity index (χ2n) is 7.31. The molecule has 3 aromatic rings. The molecule has 144 valence electrons. The first kappa shape index (κ1) is 18.3. The molecule has 28 heavy (non-hydrogen) atoms. The summed E-state index contributed by atoms with van der Waals surface area (Å²) in [6.07, 6.45) is 4.11. The van der Waals surface area contributed by atoms with Crippen LogP contribution in [0, 0.1) is 12.8 Å². The normalized spacial score (nSPS) is 15.0. The number of piperidine rings is 1. The maximum absolute atomic E-state index is 12.5. The summed E-state index contributed by atoms with van der Waals surface area (Å²) >= 11 is 0. The molecule has 4 rings (SSSR count). The maximum Gasteiger partial charge on any atom is 0.223 e. The van der Waals surface area contributed by atoms with Crippen LogP contribution in [0.15, 0.2) is 48.8 Å². The zero-order valence-electron chi connectivity index (χ0n) is 16.1. The first-order valence-corrected chi connectivity index (χ1v) is 9.85. The Balaban J connectivity index is 1.33. The van der Waals surface area contributed by atoms with E-state index in [0.717, 1.165) is 54.9 Å². The maximum atomic E-state index is 12.5. The van der Waals surface area contributed by atoms with Gasteiger partial charge in [0.05, 0.1) is 5.52 Å². The molecule has 6 nitrogen and oxygen atoms in total. The number of anilines is 1. The molecule has 1 saturated heterocycles. The molecule has 1 fully saturated rings. The molecule has 0 unspecified atom stereocenters. The minimum atomic E-state index is 0.0646. The molecule has 0 aliphatic carbocycles. The number of amides is 1. The number of fused-ring (bicyclic) bond motifs is 1. The highest BCUT2D eigenvalue weighted by atomic mass is 16.1. The minimum Gasteiger partial charge on any atom is -0.356 e. The van der Waals surface area contributed by atoms with Gasteiger partial charge in [-0.05, 0) is 43.9 Å². The lowest BCUT2D eigenvalue weighted by atomic mass is 9.95. The fourth-order valence-corrected chi connectivity index (χ4v) is 3.73. The summed E-state index contributed by atoms with van der Waals surface area (Å²) in [5.41, 5.74) is 3.90. The van der Waals surface area contributed by atoms with Gasteiger partial charge in [0.25, 0.3) is 0 Å². The van der Waals surface area contributed by atoms with E-state index < -0.39 is 0 Å². The number of carbonyl (C=O) groups is 1. The minimum absolute atomic E-state index is 0.0646. The predicted molar refractivity (Wildman–Crippen MR) is 110 cm³/mol. The topological polar surface area (TPSA) is 71.0 Å². The zero-order valence-corrected chi connectivity index (χ0v) is 16.1. The molecule has 0 atom stereocenters. The molecule has 1 aliphatic rings. The summed E-state index contributed by atoms with van der Waals surface area (Å²) in [4.78, 5) is 28.2. The van der Waals surface area contributed by atoms with Gasteiger partial charge < -0.3 is 10.2 Å². The molecule has 0 saturated carbocycles. The Bertz CT molecular complexity index is 952. The van der Waals surface area contributed by atoms with E-state index in [1.54, 1.807) is 6.33 Å². The summed E-state index contributed by atoms with van der Waals surface area (Å²) in [7, 11) is 0. The summed E-state index contributed by atoms with van der Waals surface area (Å²) < 4.78 is 0. The molecule has 6 heteroatoms. The van der Waals surface area contributed by atoms with Crippen molar-refractivity contribution in [3.63, 3.8) is 0 Å². The van der Waals surface area contributed by atoms with Crippen LogP contribution >= 0.6 is 0 Å². The fourth-order valence-electron chi connectivity index (χ4n) is 3.73. The summed E-state index contributed by atoms with van der Waals surface area (Å²) in [5, 5.41) is 3.10. The van der Waals surface area contributed by atoms with E-state index >= 15 is 0 Å². The molecule has 0 bridgehead atoms. The number of hydrogen-bond donors (Lipinski definition) is 1. The number of pyridine rings is 1.